The van der Waals surface area contributed by atoms with Crippen molar-refractivity contribution in [2.75, 3.05) is 18.0 Å². The largest absolute Gasteiger partial charge is 0.368 e. The smallest absolute Gasteiger partial charge is 0.244 e. The second kappa shape index (κ2) is 3.75. The lowest BCUT2D eigenvalue weighted by molar-refractivity contribution is -0.136. The first-order valence-corrected chi connectivity index (χ1v) is 6.76. The third-order valence-corrected chi connectivity index (χ3v) is 5.01. The number of anilines is 1. The van der Waals surface area contributed by atoms with Crippen LogP contribution in [-0.4, -0.2) is 35.5 Å². The van der Waals surface area contributed by atoms with Crippen LogP contribution in [0, 0.1) is 0 Å². The quantitative estimate of drug-likeness (QED) is 0.868. The zero-order valence-electron chi connectivity index (χ0n) is 12.0. The molecule has 5 nitrogen and oxygen atoms in total. The van der Waals surface area contributed by atoms with Crippen molar-refractivity contribution in [2.24, 2.45) is 5.73 Å². The van der Waals surface area contributed by atoms with E-state index in [1.54, 1.807) is 4.90 Å². The van der Waals surface area contributed by atoms with Gasteiger partial charge in [-0.1, -0.05) is 32.0 Å². The van der Waals surface area contributed by atoms with Crippen LogP contribution in [0.2, 0.25) is 0 Å². The molecule has 5 heteroatoms. The van der Waals surface area contributed by atoms with E-state index in [1.165, 1.54) is 5.56 Å². The molecule has 1 saturated heterocycles. The van der Waals surface area contributed by atoms with Gasteiger partial charge in [-0.15, -0.1) is 0 Å². The van der Waals surface area contributed by atoms with E-state index in [4.69, 9.17) is 5.73 Å². The normalized spacial score (nSPS) is 26.6. The van der Waals surface area contributed by atoms with Crippen LogP contribution in [0.4, 0.5) is 5.69 Å². The van der Waals surface area contributed by atoms with Crippen LogP contribution in [0.3, 0.4) is 0 Å². The fourth-order valence-electron chi connectivity index (χ4n) is 3.65. The van der Waals surface area contributed by atoms with Crippen LogP contribution < -0.4 is 10.6 Å². The first-order chi connectivity index (χ1) is 9.30. The first kappa shape index (κ1) is 13.0. The van der Waals surface area contributed by atoms with E-state index in [2.05, 4.69) is 24.8 Å². The van der Waals surface area contributed by atoms with Gasteiger partial charge in [0.05, 0.1) is 6.54 Å². The summed E-state index contributed by atoms with van der Waals surface area (Å²) in [6, 6.07) is 8.10. The van der Waals surface area contributed by atoms with Crippen LogP contribution in [0.15, 0.2) is 24.3 Å². The summed E-state index contributed by atoms with van der Waals surface area (Å²) in [5.74, 6) is -0.526. The molecule has 1 fully saturated rings. The number of amides is 2. The highest BCUT2D eigenvalue weighted by Crippen LogP contribution is 2.54. The summed E-state index contributed by atoms with van der Waals surface area (Å²) in [6.07, 6.45) is 0. The molecule has 2 aliphatic rings. The third kappa shape index (κ3) is 1.32. The minimum absolute atomic E-state index is 0.0384. The molecule has 2 amide bonds. The molecule has 0 radical (unpaired) electrons. The molecule has 0 saturated carbocycles. The van der Waals surface area contributed by atoms with Crippen LogP contribution in [-0.2, 0) is 15.0 Å². The van der Waals surface area contributed by atoms with Gasteiger partial charge in [0, 0.05) is 11.1 Å². The Hall–Kier alpha value is -2.04. The van der Waals surface area contributed by atoms with Gasteiger partial charge in [0.1, 0.15) is 12.2 Å². The maximum atomic E-state index is 12.3. The summed E-state index contributed by atoms with van der Waals surface area (Å²) in [7, 11) is 0. The molecule has 20 heavy (non-hydrogen) atoms. The van der Waals surface area contributed by atoms with Gasteiger partial charge < -0.3 is 15.5 Å². The molecule has 0 unspecified atom stereocenters. The van der Waals surface area contributed by atoms with Crippen LogP contribution >= 0.6 is 0 Å². The predicted molar refractivity (Wildman–Crippen MR) is 76.1 cm³/mol. The molecule has 0 spiro atoms. The highest BCUT2D eigenvalue weighted by atomic mass is 16.2. The Balaban J connectivity index is 2.17. The van der Waals surface area contributed by atoms with E-state index in [0.29, 0.717) is 6.54 Å². The standard InChI is InChI=1S/C15H19N3O2/c1-14(2)10-6-4-5-7-11(10)17-9-13(20)18(8-12(16)19)15(14,17)3/h4-7H,8-9H2,1-3H3,(H2,16,19)/t15-/m1/s1. The van der Waals surface area contributed by atoms with Crippen LogP contribution in [0.25, 0.3) is 0 Å². The average molecular weight is 273 g/mol. The number of rotatable bonds is 2. The number of nitrogens with zero attached hydrogens (tertiary/aromatic N) is 2. The maximum absolute atomic E-state index is 12.3. The minimum atomic E-state index is -0.553. The van der Waals surface area contributed by atoms with Gasteiger partial charge >= 0.3 is 0 Å². The van der Waals surface area contributed by atoms with Crippen molar-refractivity contribution >= 4 is 17.5 Å². The van der Waals surface area contributed by atoms with Crippen molar-refractivity contribution < 1.29 is 9.59 Å². The van der Waals surface area contributed by atoms with Crippen molar-refractivity contribution in [2.45, 2.75) is 31.8 Å². The monoisotopic (exact) mass is 273 g/mol. The number of para-hydroxylation sites is 1. The molecule has 2 N–H and O–H groups in total. The van der Waals surface area contributed by atoms with Gasteiger partial charge in [-0.05, 0) is 18.6 Å². The Morgan fingerprint density at radius 1 is 1.30 bits per heavy atom. The van der Waals surface area contributed by atoms with Gasteiger partial charge in [-0.3, -0.25) is 9.59 Å². The molecule has 1 aromatic carbocycles. The van der Waals surface area contributed by atoms with Crippen molar-refractivity contribution in [1.82, 2.24) is 4.90 Å². The zero-order chi connectivity index (χ0) is 14.7. The lowest BCUT2D eigenvalue weighted by Gasteiger charge is -2.45. The number of primary amides is 1. The van der Waals surface area contributed by atoms with E-state index < -0.39 is 11.6 Å². The SMILES string of the molecule is CC1(C)c2ccccc2N2CC(=O)N(CC(N)=O)[C@@]21C. The van der Waals surface area contributed by atoms with Crippen molar-refractivity contribution in [1.29, 1.82) is 0 Å². The summed E-state index contributed by atoms with van der Waals surface area (Å²) < 4.78 is 0. The second-order valence-electron chi connectivity index (χ2n) is 6.20. The molecule has 3 rings (SSSR count). The fraction of sp³-hybridized carbons (Fsp3) is 0.467. The van der Waals surface area contributed by atoms with E-state index >= 15 is 0 Å². The summed E-state index contributed by atoms with van der Waals surface area (Å²) >= 11 is 0. The number of fused-ring (bicyclic) bond motifs is 3. The van der Waals surface area contributed by atoms with Gasteiger partial charge in [0.15, 0.2) is 0 Å². The molecule has 106 valence electrons. The number of carbonyl (C=O) groups excluding carboxylic acids is 2. The Morgan fingerprint density at radius 2 is 1.95 bits per heavy atom. The molecule has 0 aromatic heterocycles. The number of nitrogens with two attached hydrogens (primary N) is 1. The van der Waals surface area contributed by atoms with E-state index in [9.17, 15) is 9.59 Å². The maximum Gasteiger partial charge on any atom is 0.244 e. The Labute approximate surface area is 118 Å². The van der Waals surface area contributed by atoms with Gasteiger partial charge in [-0.2, -0.15) is 0 Å². The molecular weight excluding hydrogens is 254 g/mol. The Kier molecular flexibility index (Phi) is 2.43. The van der Waals surface area contributed by atoms with Crippen LogP contribution in [0.1, 0.15) is 26.3 Å². The second-order valence-corrected chi connectivity index (χ2v) is 6.20. The summed E-state index contributed by atoms with van der Waals surface area (Å²) in [4.78, 5) is 27.3. The predicted octanol–water partition coefficient (Wildman–Crippen LogP) is 0.828. The number of benzene rings is 1. The number of hydrogen-bond acceptors (Lipinski definition) is 3. The Morgan fingerprint density at radius 3 is 2.60 bits per heavy atom. The molecular formula is C15H19N3O2. The average Bonchev–Trinajstić information content (AvgIpc) is 2.72. The molecule has 0 aliphatic carbocycles. The lowest BCUT2D eigenvalue weighted by atomic mass is 9.76. The van der Waals surface area contributed by atoms with E-state index in [1.807, 2.05) is 25.1 Å². The van der Waals surface area contributed by atoms with Gasteiger partial charge in [0.25, 0.3) is 0 Å². The highest BCUT2D eigenvalue weighted by molar-refractivity contribution is 5.93. The molecule has 2 heterocycles. The topological polar surface area (TPSA) is 66.6 Å². The fourth-order valence-corrected chi connectivity index (χ4v) is 3.65. The summed E-state index contributed by atoms with van der Waals surface area (Å²) in [5, 5.41) is 0. The molecule has 1 atom stereocenters. The van der Waals surface area contributed by atoms with E-state index in [-0.39, 0.29) is 17.9 Å². The summed E-state index contributed by atoms with van der Waals surface area (Å²) in [5.41, 5.74) is 6.76. The molecule has 2 aliphatic heterocycles. The van der Waals surface area contributed by atoms with Crippen LogP contribution in [0.5, 0.6) is 0 Å². The third-order valence-electron chi connectivity index (χ3n) is 5.01. The lowest BCUT2D eigenvalue weighted by Crippen LogP contribution is -2.60. The minimum Gasteiger partial charge on any atom is -0.368 e. The van der Waals surface area contributed by atoms with E-state index in [0.717, 1.165) is 5.69 Å². The first-order valence-electron chi connectivity index (χ1n) is 6.76. The number of hydrogen-bond donors (Lipinski definition) is 1. The summed E-state index contributed by atoms with van der Waals surface area (Å²) in [6.45, 7) is 6.49. The van der Waals surface area contributed by atoms with Gasteiger partial charge in [-0.25, -0.2) is 0 Å². The van der Waals surface area contributed by atoms with Gasteiger partial charge in [0.2, 0.25) is 11.8 Å². The van der Waals surface area contributed by atoms with Crippen molar-refractivity contribution in [3.8, 4) is 0 Å². The van der Waals surface area contributed by atoms with Crippen molar-refractivity contribution in [3.63, 3.8) is 0 Å². The molecule has 1 aromatic rings. The molecule has 0 bridgehead atoms. The Bertz CT molecular complexity index is 611. The highest BCUT2D eigenvalue weighted by Gasteiger charge is 2.62. The van der Waals surface area contributed by atoms with Crippen molar-refractivity contribution in [3.05, 3.63) is 29.8 Å². The zero-order valence-corrected chi connectivity index (χ0v) is 12.0. The number of carbonyl (C=O) groups is 2.